The monoisotopic (exact) mass is 595 g/mol. The standard InChI is InChI=1S/C34H34N4O6/c1-42-32(39)30-13-8-20-38(30)34(41)44-24-37-19-7-9-26(22-37)21-35-33(40)36-28-17-15-25(16-18-28)23-43-31-14-6-5-12-29(31)27-10-3-2-4-11-27/h2-7,9-12,14-19,22,30H,8,13,20-21,23-24H2,1H3,(H-,35,36,40)/p+1. The number of rotatable bonds is 10. The molecule has 4 aromatic rings. The zero-order valence-electron chi connectivity index (χ0n) is 24.5. The number of hydrogen-bond acceptors (Lipinski definition) is 6. The summed E-state index contributed by atoms with van der Waals surface area (Å²) in [5.41, 5.74) is 4.56. The number of anilines is 1. The Morgan fingerprint density at radius 1 is 0.909 bits per heavy atom. The van der Waals surface area contributed by atoms with Crippen LogP contribution in [0.3, 0.4) is 0 Å². The van der Waals surface area contributed by atoms with Crippen molar-refractivity contribution in [2.24, 2.45) is 0 Å². The van der Waals surface area contributed by atoms with Crippen molar-refractivity contribution in [2.45, 2.75) is 38.8 Å². The van der Waals surface area contributed by atoms with Crippen molar-refractivity contribution in [1.29, 1.82) is 0 Å². The minimum atomic E-state index is -0.612. The second kappa shape index (κ2) is 14.7. The number of likely N-dealkylation sites (tertiary alicyclic amines) is 1. The van der Waals surface area contributed by atoms with Crippen LogP contribution in [-0.2, 0) is 34.2 Å². The van der Waals surface area contributed by atoms with Gasteiger partial charge in [-0.1, -0.05) is 60.7 Å². The van der Waals surface area contributed by atoms with Crippen LogP contribution in [0.5, 0.6) is 5.75 Å². The van der Waals surface area contributed by atoms with Crippen molar-refractivity contribution >= 4 is 23.8 Å². The number of benzene rings is 3. The van der Waals surface area contributed by atoms with Gasteiger partial charge in [0.05, 0.1) is 13.7 Å². The molecule has 3 aromatic carbocycles. The van der Waals surface area contributed by atoms with Crippen molar-refractivity contribution in [3.8, 4) is 16.9 Å². The number of amides is 3. The number of urea groups is 1. The quantitative estimate of drug-likeness (QED) is 0.191. The number of hydrogen-bond donors (Lipinski definition) is 2. The molecule has 0 aliphatic carbocycles. The van der Waals surface area contributed by atoms with Gasteiger partial charge in [-0.25, -0.2) is 14.4 Å². The van der Waals surface area contributed by atoms with E-state index in [4.69, 9.17) is 14.2 Å². The van der Waals surface area contributed by atoms with Crippen LogP contribution in [0.25, 0.3) is 11.1 Å². The molecule has 1 aromatic heterocycles. The molecule has 10 heteroatoms. The van der Waals surface area contributed by atoms with Gasteiger partial charge in [-0.2, -0.15) is 4.57 Å². The van der Waals surface area contributed by atoms with Gasteiger partial charge in [0, 0.05) is 29.4 Å². The summed E-state index contributed by atoms with van der Waals surface area (Å²) in [6.45, 7) is 1.08. The third-order valence-electron chi connectivity index (χ3n) is 7.25. The highest BCUT2D eigenvalue weighted by Gasteiger charge is 2.36. The average molecular weight is 596 g/mol. The lowest BCUT2D eigenvalue weighted by molar-refractivity contribution is -0.727. The van der Waals surface area contributed by atoms with Gasteiger partial charge in [0.25, 0.3) is 6.73 Å². The molecule has 1 aliphatic rings. The van der Waals surface area contributed by atoms with Crippen molar-refractivity contribution in [1.82, 2.24) is 10.2 Å². The van der Waals surface area contributed by atoms with Crippen LogP contribution in [0, 0.1) is 0 Å². The molecule has 44 heavy (non-hydrogen) atoms. The summed E-state index contributed by atoms with van der Waals surface area (Å²) in [5, 5.41) is 5.67. The number of ether oxygens (including phenoxy) is 3. The largest absolute Gasteiger partial charge is 0.488 e. The van der Waals surface area contributed by atoms with E-state index in [9.17, 15) is 14.4 Å². The van der Waals surface area contributed by atoms with Gasteiger partial charge in [-0.05, 0) is 48.2 Å². The predicted octanol–water partition coefficient (Wildman–Crippen LogP) is 5.27. The topological polar surface area (TPSA) is 110 Å². The van der Waals surface area contributed by atoms with E-state index < -0.39 is 18.1 Å². The fraction of sp³-hybridized carbons (Fsp3) is 0.235. The van der Waals surface area contributed by atoms with E-state index in [2.05, 4.69) is 22.8 Å². The molecular formula is C34H35N4O6+. The third kappa shape index (κ3) is 7.91. The first-order valence-electron chi connectivity index (χ1n) is 14.4. The zero-order valence-corrected chi connectivity index (χ0v) is 24.5. The molecule has 1 unspecified atom stereocenters. The Morgan fingerprint density at radius 3 is 2.48 bits per heavy atom. The summed E-state index contributed by atoms with van der Waals surface area (Å²) in [7, 11) is 1.31. The average Bonchev–Trinajstić information content (AvgIpc) is 3.57. The fourth-order valence-electron chi connectivity index (χ4n) is 4.99. The molecule has 5 rings (SSSR count). The van der Waals surface area contributed by atoms with Gasteiger partial charge in [0.1, 0.15) is 18.4 Å². The summed E-state index contributed by atoms with van der Waals surface area (Å²) in [6, 6.07) is 28.2. The van der Waals surface area contributed by atoms with Crippen LogP contribution >= 0.6 is 0 Å². The highest BCUT2D eigenvalue weighted by Crippen LogP contribution is 2.30. The Kier molecular flexibility index (Phi) is 10.0. The van der Waals surface area contributed by atoms with Gasteiger partial charge in [0.2, 0.25) is 0 Å². The number of para-hydroxylation sites is 1. The molecule has 1 saturated heterocycles. The molecule has 2 N–H and O–H groups in total. The summed E-state index contributed by atoms with van der Waals surface area (Å²) < 4.78 is 18.0. The molecule has 10 nitrogen and oxygen atoms in total. The number of esters is 1. The second-order valence-electron chi connectivity index (χ2n) is 10.3. The molecular weight excluding hydrogens is 560 g/mol. The van der Waals surface area contributed by atoms with Gasteiger partial charge >= 0.3 is 18.1 Å². The number of nitrogens with one attached hydrogen (secondary N) is 2. The number of carbonyl (C=O) groups is 3. The maximum absolute atomic E-state index is 12.5. The molecule has 1 aliphatic heterocycles. The van der Waals surface area contributed by atoms with Gasteiger partial charge in [-0.3, -0.25) is 4.90 Å². The first-order chi connectivity index (χ1) is 21.5. The summed E-state index contributed by atoms with van der Waals surface area (Å²) in [5.74, 6) is 0.364. The van der Waals surface area contributed by atoms with Crippen LogP contribution in [0.4, 0.5) is 15.3 Å². The SMILES string of the molecule is COC(=O)C1CCCN1C(=O)OC[n+]1cccc(CNC(=O)Nc2ccc(COc3ccccc3-c3ccccc3)cc2)c1. The van der Waals surface area contributed by atoms with Crippen molar-refractivity contribution in [3.63, 3.8) is 0 Å². The summed E-state index contributed by atoms with van der Waals surface area (Å²) in [6.07, 6.45) is 4.24. The number of aromatic nitrogens is 1. The Balaban J connectivity index is 1.07. The van der Waals surface area contributed by atoms with E-state index in [0.29, 0.717) is 31.7 Å². The highest BCUT2D eigenvalue weighted by molar-refractivity contribution is 5.89. The van der Waals surface area contributed by atoms with E-state index in [1.165, 1.54) is 12.0 Å². The molecule has 3 amide bonds. The lowest BCUT2D eigenvalue weighted by atomic mass is 10.0. The normalized spacial score (nSPS) is 14.0. The molecule has 1 atom stereocenters. The van der Waals surface area contributed by atoms with Gasteiger partial charge in [-0.15, -0.1) is 0 Å². The van der Waals surface area contributed by atoms with Crippen LogP contribution in [0.2, 0.25) is 0 Å². The van der Waals surface area contributed by atoms with Gasteiger partial charge < -0.3 is 24.8 Å². The molecule has 0 radical (unpaired) electrons. The smallest absolute Gasteiger partial charge is 0.415 e. The Morgan fingerprint density at radius 2 is 1.68 bits per heavy atom. The summed E-state index contributed by atoms with van der Waals surface area (Å²) >= 11 is 0. The number of methoxy groups -OCH3 is 1. The third-order valence-corrected chi connectivity index (χ3v) is 7.25. The minimum absolute atomic E-state index is 0.0306. The molecule has 1 fully saturated rings. The van der Waals surface area contributed by atoms with E-state index >= 15 is 0 Å². The minimum Gasteiger partial charge on any atom is -0.488 e. The van der Waals surface area contributed by atoms with Gasteiger partial charge in [0.15, 0.2) is 12.4 Å². The first-order valence-corrected chi connectivity index (χ1v) is 14.4. The van der Waals surface area contributed by atoms with E-state index in [1.807, 2.05) is 72.8 Å². The van der Waals surface area contributed by atoms with Crippen LogP contribution in [-0.4, -0.2) is 42.7 Å². The number of pyridine rings is 1. The molecule has 0 spiro atoms. The summed E-state index contributed by atoms with van der Waals surface area (Å²) in [4.78, 5) is 38.4. The van der Waals surface area contributed by atoms with Crippen molar-refractivity contribution in [3.05, 3.63) is 115 Å². The maximum atomic E-state index is 12.5. The molecule has 0 bridgehead atoms. The second-order valence-corrected chi connectivity index (χ2v) is 10.3. The fourth-order valence-corrected chi connectivity index (χ4v) is 4.99. The molecule has 2 heterocycles. The van der Waals surface area contributed by atoms with E-state index in [1.54, 1.807) is 23.0 Å². The van der Waals surface area contributed by atoms with Crippen LogP contribution in [0.15, 0.2) is 103 Å². The van der Waals surface area contributed by atoms with Crippen molar-refractivity contribution in [2.75, 3.05) is 19.0 Å². The predicted molar refractivity (Wildman–Crippen MR) is 163 cm³/mol. The first kappa shape index (κ1) is 30.1. The maximum Gasteiger partial charge on any atom is 0.415 e. The van der Waals surface area contributed by atoms with E-state index in [0.717, 1.165) is 28.0 Å². The van der Waals surface area contributed by atoms with Crippen molar-refractivity contribution < 1.29 is 33.2 Å². The van der Waals surface area contributed by atoms with Crippen LogP contribution < -0.4 is 19.9 Å². The van der Waals surface area contributed by atoms with E-state index in [-0.39, 0.29) is 19.3 Å². The molecule has 0 saturated carbocycles. The number of nitrogens with zero attached hydrogens (tertiary/aromatic N) is 2. The number of carbonyl (C=O) groups excluding carboxylic acids is 3. The highest BCUT2D eigenvalue weighted by atomic mass is 16.6. The lowest BCUT2D eigenvalue weighted by Crippen LogP contribution is -2.44. The zero-order chi connectivity index (χ0) is 30.7. The Labute approximate surface area is 256 Å². The molecule has 226 valence electrons. The Bertz CT molecular complexity index is 1580. The Hall–Kier alpha value is -5.38. The lowest BCUT2D eigenvalue weighted by Gasteiger charge is -2.21. The van der Waals surface area contributed by atoms with Crippen LogP contribution in [0.1, 0.15) is 24.0 Å².